The van der Waals surface area contributed by atoms with Gasteiger partial charge in [0.2, 0.25) is 0 Å². The number of Topliss-reactive ketones (excluding diaryl/α,β-unsaturated/α-hetero) is 1. The lowest BCUT2D eigenvalue weighted by atomic mass is 9.47. The third-order valence-electron chi connectivity index (χ3n) is 10.5. The lowest BCUT2D eigenvalue weighted by Crippen LogP contribution is -2.61. The maximum atomic E-state index is 12.8. The number of rotatable bonds is 11. The van der Waals surface area contributed by atoms with E-state index in [9.17, 15) is 57.5 Å². The number of ether oxygens (including phenoxy) is 2. The van der Waals surface area contributed by atoms with Crippen molar-refractivity contribution in [3.63, 3.8) is 0 Å². The van der Waals surface area contributed by atoms with Crippen LogP contribution < -0.4 is 4.74 Å². The van der Waals surface area contributed by atoms with Crippen molar-refractivity contribution in [2.75, 3.05) is 12.4 Å². The number of sulfone groups is 1. The lowest BCUT2D eigenvalue weighted by Gasteiger charge is -2.60. The SMILES string of the molecule is CCC(C)(C)C(=O)OC12CC3CC(C1)CC(C(=O)CS(=O)(=O)C(F)(F)F)(C3)C2.CCC(C)c1ccc(OCC(O)(C(F)(F)F)C(F)(F)F)cc1. The number of hydrogen-bond acceptors (Lipinski definition) is 7. The van der Waals surface area contributed by atoms with Gasteiger partial charge < -0.3 is 14.6 Å². The van der Waals surface area contributed by atoms with Crippen LogP contribution in [0.15, 0.2) is 24.3 Å². The molecule has 4 saturated carbocycles. The van der Waals surface area contributed by atoms with E-state index in [0.717, 1.165) is 18.4 Å². The first-order valence-corrected chi connectivity index (χ1v) is 17.9. The summed E-state index contributed by atoms with van der Waals surface area (Å²) in [6.45, 7) is 7.33. The molecule has 0 aliphatic heterocycles. The molecule has 5 rings (SSSR count). The highest BCUT2D eigenvalue weighted by atomic mass is 32.2. The van der Waals surface area contributed by atoms with Crippen molar-refractivity contribution in [3.8, 4) is 5.75 Å². The fraction of sp³-hybridized carbons (Fsp3) is 0.758. The van der Waals surface area contributed by atoms with Gasteiger partial charge in [0, 0.05) is 5.41 Å². The van der Waals surface area contributed by atoms with Gasteiger partial charge in [-0.25, -0.2) is 8.42 Å². The Kier molecular flexibility index (Phi) is 11.8. The predicted octanol–water partition coefficient (Wildman–Crippen LogP) is 8.24. The van der Waals surface area contributed by atoms with Gasteiger partial charge in [0.25, 0.3) is 15.4 Å². The van der Waals surface area contributed by atoms with Crippen LogP contribution in [-0.4, -0.2) is 66.7 Å². The van der Waals surface area contributed by atoms with Crippen molar-refractivity contribution in [1.82, 2.24) is 0 Å². The van der Waals surface area contributed by atoms with E-state index in [2.05, 4.69) is 4.74 Å². The molecule has 1 N–H and O–H groups in total. The number of hydrogen-bond donors (Lipinski definition) is 1. The number of carbonyl (C=O) groups is 2. The molecule has 0 spiro atoms. The van der Waals surface area contributed by atoms with Crippen LogP contribution in [-0.2, 0) is 24.2 Å². The van der Waals surface area contributed by atoms with Crippen molar-refractivity contribution >= 4 is 21.6 Å². The Labute approximate surface area is 285 Å². The average molecular weight is 755 g/mol. The van der Waals surface area contributed by atoms with Crippen molar-refractivity contribution < 1.29 is 72.1 Å². The molecular formula is C33H43F9O7S. The first-order chi connectivity index (χ1) is 22.6. The summed E-state index contributed by atoms with van der Waals surface area (Å²) in [5.41, 5.74) is -12.2. The van der Waals surface area contributed by atoms with E-state index >= 15 is 0 Å². The highest BCUT2D eigenvalue weighted by molar-refractivity contribution is 7.92. The zero-order valence-corrected chi connectivity index (χ0v) is 29.1. The molecule has 0 radical (unpaired) electrons. The summed E-state index contributed by atoms with van der Waals surface area (Å²) >= 11 is 0. The Morgan fingerprint density at radius 2 is 1.40 bits per heavy atom. The van der Waals surface area contributed by atoms with Crippen LogP contribution in [0.25, 0.3) is 0 Å². The number of halogens is 9. The van der Waals surface area contributed by atoms with Gasteiger partial charge in [-0.15, -0.1) is 0 Å². The molecule has 3 unspecified atom stereocenters. The van der Waals surface area contributed by atoms with Gasteiger partial charge in [-0.05, 0) is 101 Å². The van der Waals surface area contributed by atoms with Crippen molar-refractivity contribution in [1.29, 1.82) is 0 Å². The standard InChI is InChI=1S/C19H27F3O5S.C14H16F6O2/c1-4-16(2,3)15(24)27-18-8-12-5-13(9-18)7-17(6-12,11-18)14(23)10-28(25,26)19(20,21)22;1-3-9(2)10-4-6-11(7-5-10)22-8-12(21,13(15,16)17)14(18,19)20/h12-13H,4-11H2,1-3H3;4-7,9,21H,3,8H2,1-2H3. The van der Waals surface area contributed by atoms with Gasteiger partial charge in [-0.1, -0.05) is 32.9 Å². The van der Waals surface area contributed by atoms with Crippen LogP contribution in [0.4, 0.5) is 39.5 Å². The molecule has 0 amide bonds. The molecule has 1 aromatic rings. The molecular weight excluding hydrogens is 711 g/mol. The van der Waals surface area contributed by atoms with E-state index in [1.54, 1.807) is 26.0 Å². The summed E-state index contributed by atoms with van der Waals surface area (Å²) in [7, 11) is -5.52. The van der Waals surface area contributed by atoms with Crippen LogP contribution >= 0.6 is 0 Å². The van der Waals surface area contributed by atoms with Crippen LogP contribution in [0.3, 0.4) is 0 Å². The van der Waals surface area contributed by atoms with E-state index < -0.39 is 67.9 Å². The number of esters is 1. The van der Waals surface area contributed by atoms with Crippen LogP contribution in [0, 0.1) is 22.7 Å². The molecule has 7 nitrogen and oxygen atoms in total. The Morgan fingerprint density at radius 1 is 0.900 bits per heavy atom. The van der Waals surface area contributed by atoms with Crippen LogP contribution in [0.1, 0.15) is 97.5 Å². The molecule has 0 saturated heterocycles. The van der Waals surface area contributed by atoms with E-state index in [4.69, 9.17) is 9.84 Å². The second-order valence-corrected chi connectivity index (χ2v) is 16.7. The van der Waals surface area contributed by atoms with Crippen molar-refractivity contribution in [2.45, 2.75) is 121 Å². The Balaban J connectivity index is 0.000000279. The second kappa shape index (κ2) is 14.1. The molecule has 4 bridgehead atoms. The van der Waals surface area contributed by atoms with Gasteiger partial charge >= 0.3 is 23.8 Å². The van der Waals surface area contributed by atoms with Gasteiger partial charge in [0.15, 0.2) is 5.78 Å². The summed E-state index contributed by atoms with van der Waals surface area (Å²) in [5.74, 6) is -2.63. The third-order valence-corrected chi connectivity index (χ3v) is 11.8. The molecule has 4 aliphatic rings. The average Bonchev–Trinajstić information content (AvgIpc) is 2.97. The smallest absolute Gasteiger partial charge is 0.490 e. The third kappa shape index (κ3) is 8.72. The minimum Gasteiger partial charge on any atom is -0.490 e. The predicted molar refractivity (Wildman–Crippen MR) is 163 cm³/mol. The van der Waals surface area contributed by atoms with E-state index in [1.165, 1.54) is 12.1 Å². The minimum atomic E-state index is -5.89. The van der Waals surface area contributed by atoms with Gasteiger partial charge in [0.1, 0.15) is 23.7 Å². The largest absolute Gasteiger partial charge is 0.497 e. The maximum absolute atomic E-state index is 12.8. The van der Waals surface area contributed by atoms with Crippen molar-refractivity contribution in [3.05, 3.63) is 29.8 Å². The van der Waals surface area contributed by atoms with Gasteiger partial charge in [-0.3, -0.25) is 9.59 Å². The molecule has 0 heterocycles. The monoisotopic (exact) mass is 754 g/mol. The zero-order valence-electron chi connectivity index (χ0n) is 28.3. The summed E-state index contributed by atoms with van der Waals surface area (Å²) in [6, 6.07) is 5.66. The second-order valence-electron chi connectivity index (χ2n) is 14.7. The summed E-state index contributed by atoms with van der Waals surface area (Å²) in [4.78, 5) is 25.5. The summed E-state index contributed by atoms with van der Waals surface area (Å²) < 4.78 is 147. The number of carbonyl (C=O) groups excluding carboxylic acids is 2. The van der Waals surface area contributed by atoms with Crippen LogP contribution in [0.5, 0.6) is 5.75 Å². The normalized spacial score (nSPS) is 26.1. The molecule has 17 heteroatoms. The minimum absolute atomic E-state index is 0.0660. The topological polar surface area (TPSA) is 107 Å². The first-order valence-electron chi connectivity index (χ1n) is 16.2. The Hall–Kier alpha value is -2.56. The number of aliphatic hydroxyl groups is 1. The number of benzene rings is 1. The van der Waals surface area contributed by atoms with Gasteiger partial charge in [0.05, 0.1) is 5.41 Å². The molecule has 1 aromatic carbocycles. The fourth-order valence-corrected chi connectivity index (χ4v) is 7.97. The fourth-order valence-electron chi connectivity index (χ4n) is 7.15. The molecule has 3 atom stereocenters. The maximum Gasteiger partial charge on any atom is 0.497 e. The van der Waals surface area contributed by atoms with E-state index in [1.807, 2.05) is 20.8 Å². The van der Waals surface area contributed by atoms with Crippen molar-refractivity contribution in [2.24, 2.45) is 22.7 Å². The first kappa shape index (κ1) is 41.9. The quantitative estimate of drug-likeness (QED) is 0.179. The lowest BCUT2D eigenvalue weighted by molar-refractivity contribution is -0.373. The van der Waals surface area contributed by atoms with E-state index in [-0.39, 0.29) is 35.9 Å². The number of alkyl halides is 9. The molecule has 50 heavy (non-hydrogen) atoms. The summed E-state index contributed by atoms with van der Waals surface area (Å²) in [5, 5.41) is 8.95. The van der Waals surface area contributed by atoms with Crippen LogP contribution in [0.2, 0.25) is 0 Å². The molecule has 4 fully saturated rings. The highest BCUT2D eigenvalue weighted by Crippen LogP contribution is 2.63. The molecule has 4 aliphatic carbocycles. The Bertz CT molecular complexity index is 1450. The molecule has 0 aromatic heterocycles. The molecule has 286 valence electrons. The van der Waals surface area contributed by atoms with Gasteiger partial charge in [-0.2, -0.15) is 39.5 Å². The number of ketones is 1. The Morgan fingerprint density at radius 3 is 1.82 bits per heavy atom. The zero-order chi connectivity index (χ0) is 38.4. The van der Waals surface area contributed by atoms with E-state index in [0.29, 0.717) is 32.1 Å². The summed E-state index contributed by atoms with van der Waals surface area (Å²) in [6.07, 6.45) is -7.44. The highest BCUT2D eigenvalue weighted by Gasteiger charge is 2.71.